The monoisotopic (exact) mass is 449 g/mol. The summed E-state index contributed by atoms with van der Waals surface area (Å²) in [7, 11) is 0. The molecular weight excluding hydrogens is 418 g/mol. The molecule has 1 saturated carbocycles. The lowest BCUT2D eigenvalue weighted by molar-refractivity contribution is -0.134. The maximum Gasteiger partial charge on any atom is 0.271 e. The van der Waals surface area contributed by atoms with Crippen molar-refractivity contribution in [2.75, 3.05) is 0 Å². The number of amides is 2. The van der Waals surface area contributed by atoms with Crippen LogP contribution < -0.4 is 5.32 Å². The minimum Gasteiger partial charge on any atom is -0.351 e. The normalized spacial score (nSPS) is 25.7. The van der Waals surface area contributed by atoms with Gasteiger partial charge in [-0.1, -0.05) is 44.0 Å². The van der Waals surface area contributed by atoms with E-state index in [-0.39, 0.29) is 17.9 Å². The molecule has 5 nitrogen and oxygen atoms in total. The highest BCUT2D eigenvalue weighted by Gasteiger charge is 2.48. The molecule has 1 aromatic carbocycles. The Morgan fingerprint density at radius 1 is 1.22 bits per heavy atom. The second kappa shape index (κ2) is 8.07. The standard InChI is InChI=1S/C26H31N3O2S/c1-17-8-4-6-10-19(17)15-29-24(30)22-14-23-21(12-13-32-23)28(22)16-26(29,3)25(31)27-20-11-7-5-9-18(20)2/h4,6,8,10,12-14,18,20H,5,7,9,11,15-16H2,1-3H3,(H,27,31). The summed E-state index contributed by atoms with van der Waals surface area (Å²) in [5, 5.41) is 5.40. The van der Waals surface area contributed by atoms with Crippen molar-refractivity contribution in [3.05, 3.63) is 58.6 Å². The third-order valence-electron chi connectivity index (χ3n) is 7.56. The van der Waals surface area contributed by atoms with E-state index >= 15 is 0 Å². The summed E-state index contributed by atoms with van der Waals surface area (Å²) < 4.78 is 3.14. The maximum atomic E-state index is 13.9. The zero-order valence-electron chi connectivity index (χ0n) is 19.1. The van der Waals surface area contributed by atoms with Crippen LogP contribution in [0.5, 0.6) is 0 Å². The van der Waals surface area contributed by atoms with Crippen LogP contribution in [0.2, 0.25) is 0 Å². The van der Waals surface area contributed by atoms with Crippen LogP contribution in [0.15, 0.2) is 41.8 Å². The van der Waals surface area contributed by atoms with Gasteiger partial charge in [0.2, 0.25) is 5.91 Å². The van der Waals surface area contributed by atoms with Gasteiger partial charge in [0, 0.05) is 12.6 Å². The molecule has 2 aromatic heterocycles. The number of thiophene rings is 1. The quantitative estimate of drug-likeness (QED) is 0.601. The van der Waals surface area contributed by atoms with Crippen LogP contribution in [-0.2, 0) is 17.9 Å². The molecule has 1 aliphatic carbocycles. The van der Waals surface area contributed by atoms with Crippen LogP contribution in [0.3, 0.4) is 0 Å². The van der Waals surface area contributed by atoms with Crippen molar-refractivity contribution in [1.82, 2.24) is 14.8 Å². The molecule has 0 bridgehead atoms. The number of carbonyl (C=O) groups is 2. The topological polar surface area (TPSA) is 54.3 Å². The lowest BCUT2D eigenvalue weighted by Crippen LogP contribution is -2.65. The second-order valence-electron chi connectivity index (χ2n) is 9.72. The Bertz CT molecular complexity index is 1180. The number of aromatic nitrogens is 1. The minimum atomic E-state index is -0.961. The maximum absolute atomic E-state index is 13.9. The first-order chi connectivity index (χ1) is 15.4. The molecule has 3 heterocycles. The highest BCUT2D eigenvalue weighted by molar-refractivity contribution is 7.17. The van der Waals surface area contributed by atoms with Gasteiger partial charge >= 0.3 is 0 Å². The predicted molar refractivity (Wildman–Crippen MR) is 129 cm³/mol. The predicted octanol–water partition coefficient (Wildman–Crippen LogP) is 5.12. The average molecular weight is 450 g/mol. The fourth-order valence-corrected chi connectivity index (χ4v) is 6.16. The minimum absolute atomic E-state index is 0.0408. The molecule has 3 aromatic rings. The smallest absolute Gasteiger partial charge is 0.271 e. The molecule has 5 rings (SSSR count). The number of carbonyl (C=O) groups excluding carboxylic acids is 2. The Balaban J connectivity index is 1.54. The van der Waals surface area contributed by atoms with Crippen molar-refractivity contribution in [3.8, 4) is 0 Å². The lowest BCUT2D eigenvalue weighted by Gasteiger charge is -2.45. The average Bonchev–Trinajstić information content (AvgIpc) is 3.36. The lowest BCUT2D eigenvalue weighted by atomic mass is 9.84. The molecule has 0 saturated heterocycles. The van der Waals surface area contributed by atoms with E-state index in [0.717, 1.165) is 40.6 Å². The van der Waals surface area contributed by atoms with Crippen LogP contribution in [0, 0.1) is 12.8 Å². The van der Waals surface area contributed by atoms with Gasteiger partial charge < -0.3 is 14.8 Å². The van der Waals surface area contributed by atoms with E-state index in [1.54, 1.807) is 16.2 Å². The SMILES string of the molecule is Cc1ccccc1CN1C(=O)c2cc3sccc3n2CC1(C)C(=O)NC1CCCCC1C. The van der Waals surface area contributed by atoms with Crippen LogP contribution >= 0.6 is 11.3 Å². The molecule has 0 radical (unpaired) electrons. The zero-order valence-corrected chi connectivity index (χ0v) is 19.9. The fourth-order valence-electron chi connectivity index (χ4n) is 5.33. The molecule has 0 spiro atoms. The number of benzene rings is 1. The Kier molecular flexibility index (Phi) is 5.36. The summed E-state index contributed by atoms with van der Waals surface area (Å²) in [6.07, 6.45) is 4.53. The van der Waals surface area contributed by atoms with Gasteiger partial charge in [0.15, 0.2) is 0 Å². The molecule has 168 valence electrons. The van der Waals surface area contributed by atoms with E-state index in [2.05, 4.69) is 37.4 Å². The molecule has 1 N–H and O–H groups in total. The van der Waals surface area contributed by atoms with Crippen LogP contribution in [-0.4, -0.2) is 32.9 Å². The molecule has 2 aliphatic rings. The number of nitrogens with one attached hydrogen (secondary N) is 1. The molecular formula is C26H31N3O2S. The van der Waals surface area contributed by atoms with E-state index in [9.17, 15) is 9.59 Å². The van der Waals surface area contributed by atoms with E-state index in [1.807, 2.05) is 35.1 Å². The summed E-state index contributed by atoms with van der Waals surface area (Å²) in [6.45, 7) is 7.11. The first kappa shape index (κ1) is 21.3. The Morgan fingerprint density at radius 3 is 2.78 bits per heavy atom. The van der Waals surface area contributed by atoms with Gasteiger partial charge in [0.1, 0.15) is 11.2 Å². The van der Waals surface area contributed by atoms with Gasteiger partial charge in [-0.25, -0.2) is 0 Å². The Hall–Kier alpha value is -2.60. The Labute approximate surface area is 193 Å². The summed E-state index contributed by atoms with van der Waals surface area (Å²) in [4.78, 5) is 29.5. The van der Waals surface area contributed by atoms with Gasteiger partial charge in [-0.15, -0.1) is 11.3 Å². The first-order valence-corrected chi connectivity index (χ1v) is 12.5. The summed E-state index contributed by atoms with van der Waals surface area (Å²) in [5.74, 6) is 0.351. The number of aryl methyl sites for hydroxylation is 1. The molecule has 2 amide bonds. The third kappa shape index (κ3) is 3.45. The zero-order chi connectivity index (χ0) is 22.5. The highest BCUT2D eigenvalue weighted by Crippen LogP contribution is 2.36. The number of rotatable bonds is 4. The number of nitrogens with zero attached hydrogens (tertiary/aromatic N) is 2. The van der Waals surface area contributed by atoms with Gasteiger partial charge in [-0.3, -0.25) is 9.59 Å². The number of hydrogen-bond acceptors (Lipinski definition) is 3. The summed E-state index contributed by atoms with van der Waals surface area (Å²) >= 11 is 1.64. The molecule has 1 aliphatic heterocycles. The van der Waals surface area contributed by atoms with Crippen molar-refractivity contribution in [2.24, 2.45) is 5.92 Å². The molecule has 32 heavy (non-hydrogen) atoms. The van der Waals surface area contributed by atoms with Crippen molar-refractivity contribution in [2.45, 2.75) is 71.1 Å². The summed E-state index contributed by atoms with van der Waals surface area (Å²) in [5.41, 5.74) is 2.96. The largest absolute Gasteiger partial charge is 0.351 e. The van der Waals surface area contributed by atoms with Gasteiger partial charge in [-0.05, 0) is 61.2 Å². The van der Waals surface area contributed by atoms with E-state index in [4.69, 9.17) is 0 Å². The number of fused-ring (bicyclic) bond motifs is 3. The van der Waals surface area contributed by atoms with Crippen LogP contribution in [0.4, 0.5) is 0 Å². The van der Waals surface area contributed by atoms with Crippen molar-refractivity contribution in [3.63, 3.8) is 0 Å². The highest BCUT2D eigenvalue weighted by atomic mass is 32.1. The van der Waals surface area contributed by atoms with Gasteiger partial charge in [-0.2, -0.15) is 0 Å². The number of hydrogen-bond donors (Lipinski definition) is 1. The molecule has 3 unspecified atom stereocenters. The first-order valence-electron chi connectivity index (χ1n) is 11.6. The van der Waals surface area contributed by atoms with Crippen molar-refractivity contribution in [1.29, 1.82) is 0 Å². The van der Waals surface area contributed by atoms with Crippen molar-refractivity contribution < 1.29 is 9.59 Å². The van der Waals surface area contributed by atoms with E-state index in [1.165, 1.54) is 6.42 Å². The van der Waals surface area contributed by atoms with E-state index < -0.39 is 5.54 Å². The Morgan fingerprint density at radius 2 is 2.00 bits per heavy atom. The van der Waals surface area contributed by atoms with Gasteiger partial charge in [0.05, 0.1) is 16.8 Å². The molecule has 6 heteroatoms. The molecule has 1 fully saturated rings. The van der Waals surface area contributed by atoms with Crippen LogP contribution in [0.1, 0.15) is 61.1 Å². The van der Waals surface area contributed by atoms with Crippen LogP contribution in [0.25, 0.3) is 10.2 Å². The van der Waals surface area contributed by atoms with Gasteiger partial charge in [0.25, 0.3) is 5.91 Å². The summed E-state index contributed by atoms with van der Waals surface area (Å²) in [6, 6.07) is 12.3. The molecule has 3 atom stereocenters. The fraction of sp³-hybridized carbons (Fsp3) is 0.462. The van der Waals surface area contributed by atoms with E-state index in [0.29, 0.717) is 24.7 Å². The third-order valence-corrected chi connectivity index (χ3v) is 8.41. The second-order valence-corrected chi connectivity index (χ2v) is 10.7. The van der Waals surface area contributed by atoms with Crippen molar-refractivity contribution >= 4 is 33.4 Å².